The Balaban J connectivity index is 1.35. The number of benzene rings is 1. The van der Waals surface area contributed by atoms with E-state index in [9.17, 15) is 4.79 Å². The molecule has 2 heterocycles. The van der Waals surface area contributed by atoms with Crippen LogP contribution in [0.4, 0.5) is 5.69 Å². The van der Waals surface area contributed by atoms with Crippen LogP contribution >= 0.6 is 0 Å². The maximum Gasteiger partial charge on any atom is 0.165 e. The minimum Gasteiger partial charge on any atom is -0.398 e. The zero-order valence-corrected chi connectivity index (χ0v) is 16.3. The van der Waals surface area contributed by atoms with Gasteiger partial charge in [0.15, 0.2) is 5.78 Å². The number of carbonyl (C=O) groups excluding carboxylic acids is 1. The summed E-state index contributed by atoms with van der Waals surface area (Å²) in [6.45, 7) is 6.32. The number of Topliss-reactive ketones (excluding diaryl/α,β-unsaturated/α-hetero) is 1. The van der Waals surface area contributed by atoms with Gasteiger partial charge in [0.1, 0.15) is 0 Å². The normalized spacial score (nSPS) is 24.3. The molecule has 0 amide bonds. The topological polar surface area (TPSA) is 68.5 Å². The summed E-state index contributed by atoms with van der Waals surface area (Å²) in [4.78, 5) is 19.9. The molecule has 0 radical (unpaired) electrons. The molecule has 2 aliphatic rings. The fourth-order valence-corrected chi connectivity index (χ4v) is 4.84. The zero-order valence-electron chi connectivity index (χ0n) is 16.3. The molecule has 2 fully saturated rings. The van der Waals surface area contributed by atoms with E-state index in [4.69, 9.17) is 10.5 Å². The predicted molar refractivity (Wildman–Crippen MR) is 108 cm³/mol. The molecule has 2 N–H and O–H groups in total. The molecule has 2 aromatic rings. The lowest BCUT2D eigenvalue weighted by Gasteiger charge is -2.19. The first-order chi connectivity index (χ1) is 13.1. The van der Waals surface area contributed by atoms with Crippen molar-refractivity contribution in [2.45, 2.75) is 26.2 Å². The molecule has 144 valence electrons. The Hall–Kier alpha value is -1.98. The minimum absolute atomic E-state index is 0.198. The zero-order chi connectivity index (χ0) is 19.0. The molecule has 1 aliphatic heterocycles. The number of hydrogen-bond acceptors (Lipinski definition) is 5. The molecule has 2 unspecified atom stereocenters. The Morgan fingerprint density at radius 2 is 2.15 bits per heavy atom. The molecule has 5 nitrogen and oxygen atoms in total. The highest BCUT2D eigenvalue weighted by Gasteiger charge is 2.54. The number of aryl methyl sites for hydroxylation is 1. The standard InChI is InChI=1S/C22H29N3O2/c1-14-11-17(22-16(21(14)23)5-3-8-24-22)20(26)7-6-15-18-12-25(13-19(15)18)9-4-10-27-2/h3,5,8,11,15,18-19H,4,6-7,9-10,12-13,23H2,1-2H3. The molecule has 1 saturated carbocycles. The number of hydrogen-bond donors (Lipinski definition) is 1. The Morgan fingerprint density at radius 3 is 2.89 bits per heavy atom. The van der Waals surface area contributed by atoms with Crippen molar-refractivity contribution in [3.8, 4) is 0 Å². The van der Waals surface area contributed by atoms with Crippen molar-refractivity contribution in [3.05, 3.63) is 35.5 Å². The number of anilines is 1. The molecular formula is C22H29N3O2. The maximum atomic E-state index is 12.9. The summed E-state index contributed by atoms with van der Waals surface area (Å²) in [5.41, 5.74) is 9.32. The first kappa shape index (κ1) is 18.4. The van der Waals surface area contributed by atoms with Crippen LogP contribution in [0.5, 0.6) is 0 Å². The quantitative estimate of drug-likeness (QED) is 0.440. The fraction of sp³-hybridized carbons (Fsp3) is 0.545. The van der Waals surface area contributed by atoms with E-state index in [0.29, 0.717) is 6.42 Å². The number of nitrogens with zero attached hydrogens (tertiary/aromatic N) is 2. The van der Waals surface area contributed by atoms with Gasteiger partial charge in [-0.1, -0.05) is 0 Å². The van der Waals surface area contributed by atoms with E-state index in [2.05, 4.69) is 9.88 Å². The lowest BCUT2D eigenvalue weighted by molar-refractivity contribution is 0.0977. The lowest BCUT2D eigenvalue weighted by atomic mass is 9.97. The van der Waals surface area contributed by atoms with Crippen LogP contribution in [0.3, 0.4) is 0 Å². The fourth-order valence-electron chi connectivity index (χ4n) is 4.84. The van der Waals surface area contributed by atoms with Crippen LogP contribution in [0, 0.1) is 24.7 Å². The van der Waals surface area contributed by atoms with Gasteiger partial charge in [0.25, 0.3) is 0 Å². The number of nitrogens with two attached hydrogens (primary N) is 1. The van der Waals surface area contributed by atoms with E-state index >= 15 is 0 Å². The van der Waals surface area contributed by atoms with Crippen LogP contribution in [-0.2, 0) is 4.74 Å². The van der Waals surface area contributed by atoms with E-state index in [1.807, 2.05) is 25.1 Å². The third-order valence-electron chi connectivity index (χ3n) is 6.41. The SMILES string of the molecule is COCCCN1CC2C(CCC(=O)c3cc(C)c(N)c4cccnc34)C2C1. The van der Waals surface area contributed by atoms with Gasteiger partial charge in [-0.3, -0.25) is 9.78 Å². The monoisotopic (exact) mass is 367 g/mol. The van der Waals surface area contributed by atoms with Gasteiger partial charge in [-0.25, -0.2) is 0 Å². The second kappa shape index (κ2) is 7.56. The minimum atomic E-state index is 0.198. The van der Waals surface area contributed by atoms with Crippen LogP contribution in [0.15, 0.2) is 24.4 Å². The number of aromatic nitrogens is 1. The molecule has 5 heteroatoms. The van der Waals surface area contributed by atoms with Crippen LogP contribution in [0.1, 0.15) is 35.2 Å². The maximum absolute atomic E-state index is 12.9. The number of rotatable bonds is 8. The molecule has 1 saturated heterocycles. The Kier molecular flexibility index (Phi) is 5.15. The highest BCUT2D eigenvalue weighted by molar-refractivity contribution is 6.10. The summed E-state index contributed by atoms with van der Waals surface area (Å²) in [7, 11) is 1.76. The summed E-state index contributed by atoms with van der Waals surface area (Å²) in [5.74, 6) is 2.51. The number of pyridine rings is 1. The number of nitrogen functional groups attached to an aromatic ring is 1. The Bertz CT molecular complexity index is 839. The van der Waals surface area contributed by atoms with E-state index in [-0.39, 0.29) is 5.78 Å². The molecule has 2 atom stereocenters. The molecule has 1 aromatic carbocycles. The Morgan fingerprint density at radius 1 is 1.37 bits per heavy atom. The molecule has 4 rings (SSSR count). The third-order valence-corrected chi connectivity index (χ3v) is 6.41. The number of carbonyl (C=O) groups is 1. The molecule has 0 bridgehead atoms. The van der Waals surface area contributed by atoms with Crippen molar-refractivity contribution in [2.75, 3.05) is 39.1 Å². The summed E-state index contributed by atoms with van der Waals surface area (Å²) in [6.07, 6.45) is 4.45. The van der Waals surface area contributed by atoms with Gasteiger partial charge in [-0.15, -0.1) is 0 Å². The first-order valence-corrected chi connectivity index (χ1v) is 9.98. The molecular weight excluding hydrogens is 338 g/mol. The Labute approximate surface area is 160 Å². The number of fused-ring (bicyclic) bond motifs is 2. The predicted octanol–water partition coefficient (Wildman–Crippen LogP) is 3.30. The second-order valence-corrected chi connectivity index (χ2v) is 8.11. The van der Waals surface area contributed by atoms with Crippen LogP contribution in [0.2, 0.25) is 0 Å². The molecule has 0 spiro atoms. The van der Waals surface area contributed by atoms with E-state index in [1.165, 1.54) is 13.1 Å². The van der Waals surface area contributed by atoms with Gasteiger partial charge in [0.05, 0.1) is 5.52 Å². The summed E-state index contributed by atoms with van der Waals surface area (Å²) < 4.78 is 5.14. The highest BCUT2D eigenvalue weighted by atomic mass is 16.5. The number of ketones is 1. The number of likely N-dealkylation sites (tertiary alicyclic amines) is 1. The molecule has 1 aromatic heterocycles. The van der Waals surface area contributed by atoms with E-state index < -0.39 is 0 Å². The van der Waals surface area contributed by atoms with Gasteiger partial charge in [-0.05, 0) is 61.3 Å². The van der Waals surface area contributed by atoms with Crippen LogP contribution < -0.4 is 5.73 Å². The van der Waals surface area contributed by atoms with Crippen molar-refractivity contribution >= 4 is 22.4 Å². The summed E-state index contributed by atoms with van der Waals surface area (Å²) in [6, 6.07) is 5.74. The van der Waals surface area contributed by atoms with Gasteiger partial charge >= 0.3 is 0 Å². The van der Waals surface area contributed by atoms with Crippen LogP contribution in [0.25, 0.3) is 10.9 Å². The largest absolute Gasteiger partial charge is 0.398 e. The van der Waals surface area contributed by atoms with E-state index in [0.717, 1.165) is 71.5 Å². The molecule has 27 heavy (non-hydrogen) atoms. The average molecular weight is 367 g/mol. The number of ether oxygens (including phenoxy) is 1. The first-order valence-electron chi connectivity index (χ1n) is 9.98. The van der Waals surface area contributed by atoms with Crippen molar-refractivity contribution < 1.29 is 9.53 Å². The number of methoxy groups -OCH3 is 1. The van der Waals surface area contributed by atoms with Crippen molar-refractivity contribution in [2.24, 2.45) is 17.8 Å². The highest BCUT2D eigenvalue weighted by Crippen LogP contribution is 2.54. The molecule has 1 aliphatic carbocycles. The summed E-state index contributed by atoms with van der Waals surface area (Å²) >= 11 is 0. The second-order valence-electron chi connectivity index (χ2n) is 8.11. The smallest absolute Gasteiger partial charge is 0.165 e. The van der Waals surface area contributed by atoms with Gasteiger partial charge < -0.3 is 15.4 Å². The third kappa shape index (κ3) is 3.58. The van der Waals surface area contributed by atoms with Crippen molar-refractivity contribution in [1.82, 2.24) is 9.88 Å². The summed E-state index contributed by atoms with van der Waals surface area (Å²) in [5, 5.41) is 0.885. The lowest BCUT2D eigenvalue weighted by Crippen LogP contribution is -2.26. The number of piperidine rings is 1. The van der Waals surface area contributed by atoms with Gasteiger partial charge in [0.2, 0.25) is 0 Å². The van der Waals surface area contributed by atoms with Crippen molar-refractivity contribution in [3.63, 3.8) is 0 Å². The van der Waals surface area contributed by atoms with Gasteiger partial charge in [0, 0.05) is 62.6 Å². The van der Waals surface area contributed by atoms with E-state index in [1.54, 1.807) is 13.3 Å². The van der Waals surface area contributed by atoms with Crippen molar-refractivity contribution in [1.29, 1.82) is 0 Å². The van der Waals surface area contributed by atoms with Crippen LogP contribution in [-0.4, -0.2) is 49.0 Å². The average Bonchev–Trinajstić information content (AvgIpc) is 3.13. The van der Waals surface area contributed by atoms with Gasteiger partial charge in [-0.2, -0.15) is 0 Å².